The molecule has 0 spiro atoms. The summed E-state index contributed by atoms with van der Waals surface area (Å²) in [5.74, 6) is 0.337. The lowest BCUT2D eigenvalue weighted by Crippen LogP contribution is -2.09. The predicted octanol–water partition coefficient (Wildman–Crippen LogP) is 4.87. The highest BCUT2D eigenvalue weighted by Gasteiger charge is 2.36. The number of rotatable bonds is 2. The van der Waals surface area contributed by atoms with Gasteiger partial charge < -0.3 is 0 Å². The summed E-state index contributed by atoms with van der Waals surface area (Å²) in [6.45, 7) is 1.39. The minimum absolute atomic E-state index is 0.0516. The van der Waals surface area contributed by atoms with Crippen molar-refractivity contribution in [3.05, 3.63) is 59.5 Å². The molecule has 8 heteroatoms. The lowest BCUT2D eigenvalue weighted by atomic mass is 10.1. The molecular weight excluding hydrogens is 349 g/mol. The number of fused-ring (bicyclic) bond motifs is 1. The molecule has 3 aromatic heterocycles. The molecular formula is C17H11F3N4S. The van der Waals surface area contributed by atoms with Gasteiger partial charge in [-0.25, -0.2) is 14.6 Å². The van der Waals surface area contributed by atoms with Crippen molar-refractivity contribution < 1.29 is 13.2 Å². The molecule has 4 aromatic rings. The Morgan fingerprint density at radius 3 is 2.52 bits per heavy atom. The van der Waals surface area contributed by atoms with E-state index in [0.717, 1.165) is 11.1 Å². The molecule has 0 aliphatic rings. The van der Waals surface area contributed by atoms with Crippen molar-refractivity contribution in [1.29, 1.82) is 0 Å². The average Bonchev–Trinajstić information content (AvgIpc) is 3.18. The van der Waals surface area contributed by atoms with Crippen molar-refractivity contribution in [2.75, 3.05) is 0 Å². The largest absolute Gasteiger partial charge is 0.435 e. The lowest BCUT2D eigenvalue weighted by molar-refractivity contribution is -0.141. The Morgan fingerprint density at radius 2 is 1.84 bits per heavy atom. The summed E-state index contributed by atoms with van der Waals surface area (Å²) in [4.78, 5) is 9.14. The first-order valence-electron chi connectivity index (χ1n) is 7.36. The highest BCUT2D eigenvalue weighted by molar-refractivity contribution is 7.17. The van der Waals surface area contributed by atoms with Crippen molar-refractivity contribution >= 4 is 21.6 Å². The van der Waals surface area contributed by atoms with E-state index in [1.807, 2.05) is 35.7 Å². The third-order valence-electron chi connectivity index (χ3n) is 3.82. The molecule has 0 aliphatic carbocycles. The minimum atomic E-state index is -4.50. The lowest BCUT2D eigenvalue weighted by Gasteiger charge is -2.06. The summed E-state index contributed by atoms with van der Waals surface area (Å²) in [6.07, 6.45) is -1.82. The second-order valence-electron chi connectivity index (χ2n) is 5.50. The van der Waals surface area contributed by atoms with Crippen molar-refractivity contribution in [1.82, 2.24) is 19.7 Å². The maximum absolute atomic E-state index is 13.1. The average molecular weight is 360 g/mol. The molecule has 3 heterocycles. The summed E-state index contributed by atoms with van der Waals surface area (Å²) in [6, 6.07) is 9.59. The second-order valence-corrected chi connectivity index (χ2v) is 6.35. The SMILES string of the molecule is Cc1cn(-c2ncnc3scc(-c4ccccc4)c23)nc1C(F)(F)F. The zero-order valence-electron chi connectivity index (χ0n) is 12.9. The van der Waals surface area contributed by atoms with Crippen LogP contribution >= 0.6 is 11.3 Å². The molecule has 0 aliphatic heterocycles. The molecule has 25 heavy (non-hydrogen) atoms. The maximum Gasteiger partial charge on any atom is 0.435 e. The number of alkyl halides is 3. The maximum atomic E-state index is 13.1. The minimum Gasteiger partial charge on any atom is -0.225 e. The molecule has 4 nitrogen and oxygen atoms in total. The summed E-state index contributed by atoms with van der Waals surface area (Å²) >= 11 is 1.42. The van der Waals surface area contributed by atoms with Crippen molar-refractivity contribution in [2.45, 2.75) is 13.1 Å². The molecule has 0 saturated carbocycles. The van der Waals surface area contributed by atoms with Crippen molar-refractivity contribution in [3.8, 4) is 16.9 Å². The van der Waals surface area contributed by atoms with Gasteiger partial charge in [-0.1, -0.05) is 30.3 Å². The smallest absolute Gasteiger partial charge is 0.225 e. The molecule has 0 saturated heterocycles. The Hall–Kier alpha value is -2.74. The van der Waals surface area contributed by atoms with Gasteiger partial charge in [0.25, 0.3) is 0 Å². The first-order chi connectivity index (χ1) is 11.9. The van der Waals surface area contributed by atoms with Crippen LogP contribution in [0.25, 0.3) is 27.2 Å². The van der Waals surface area contributed by atoms with E-state index in [0.29, 0.717) is 16.0 Å². The molecule has 0 atom stereocenters. The van der Waals surface area contributed by atoms with E-state index in [4.69, 9.17) is 0 Å². The Kier molecular flexibility index (Phi) is 3.57. The van der Waals surface area contributed by atoms with Crippen LogP contribution < -0.4 is 0 Å². The van der Waals surface area contributed by atoms with Gasteiger partial charge in [0.2, 0.25) is 0 Å². The zero-order chi connectivity index (χ0) is 17.6. The first kappa shape index (κ1) is 15.8. The van der Waals surface area contributed by atoms with Gasteiger partial charge in [-0.2, -0.15) is 18.3 Å². The van der Waals surface area contributed by atoms with E-state index in [2.05, 4.69) is 15.1 Å². The van der Waals surface area contributed by atoms with Crippen LogP contribution in [-0.4, -0.2) is 19.7 Å². The third-order valence-corrected chi connectivity index (χ3v) is 4.70. The van der Waals surface area contributed by atoms with Crippen LogP contribution in [0.1, 0.15) is 11.3 Å². The van der Waals surface area contributed by atoms with Crippen LogP contribution in [0.2, 0.25) is 0 Å². The summed E-state index contributed by atoms with van der Waals surface area (Å²) < 4.78 is 40.4. The van der Waals surface area contributed by atoms with Crippen LogP contribution in [0, 0.1) is 6.92 Å². The number of hydrogen-bond donors (Lipinski definition) is 0. The fourth-order valence-corrected chi connectivity index (χ4v) is 3.62. The summed E-state index contributed by atoms with van der Waals surface area (Å²) in [7, 11) is 0. The zero-order valence-corrected chi connectivity index (χ0v) is 13.8. The molecule has 0 N–H and O–H groups in total. The highest BCUT2D eigenvalue weighted by Crippen LogP contribution is 2.36. The van der Waals surface area contributed by atoms with Gasteiger partial charge >= 0.3 is 6.18 Å². The van der Waals surface area contributed by atoms with E-state index in [1.165, 1.54) is 35.5 Å². The van der Waals surface area contributed by atoms with Gasteiger partial charge in [0.1, 0.15) is 11.2 Å². The molecule has 1 aromatic carbocycles. The van der Waals surface area contributed by atoms with Gasteiger partial charge in [-0.05, 0) is 12.5 Å². The van der Waals surface area contributed by atoms with E-state index < -0.39 is 11.9 Å². The first-order valence-corrected chi connectivity index (χ1v) is 8.24. The monoisotopic (exact) mass is 360 g/mol. The Morgan fingerprint density at radius 1 is 1.08 bits per heavy atom. The summed E-state index contributed by atoms with van der Waals surface area (Å²) in [5.41, 5.74) is 0.967. The Labute approximate surface area is 144 Å². The fraction of sp³-hybridized carbons (Fsp3) is 0.118. The van der Waals surface area contributed by atoms with E-state index in [1.54, 1.807) is 0 Å². The predicted molar refractivity (Wildman–Crippen MR) is 89.7 cm³/mol. The molecule has 0 fully saturated rings. The number of thiophene rings is 1. The van der Waals surface area contributed by atoms with Gasteiger partial charge in [-0.3, -0.25) is 0 Å². The number of aryl methyl sites for hydroxylation is 1. The molecule has 4 rings (SSSR count). The van der Waals surface area contributed by atoms with Gasteiger partial charge in [0.05, 0.1) is 5.39 Å². The van der Waals surface area contributed by atoms with Crippen LogP contribution in [0.5, 0.6) is 0 Å². The van der Waals surface area contributed by atoms with Crippen LogP contribution in [-0.2, 0) is 6.18 Å². The number of aromatic nitrogens is 4. The third kappa shape index (κ3) is 2.68. The van der Waals surface area contributed by atoms with E-state index >= 15 is 0 Å². The molecule has 0 unspecified atom stereocenters. The molecule has 0 radical (unpaired) electrons. The normalized spacial score (nSPS) is 12.0. The van der Waals surface area contributed by atoms with E-state index in [9.17, 15) is 13.2 Å². The fourth-order valence-electron chi connectivity index (χ4n) is 2.71. The topological polar surface area (TPSA) is 43.6 Å². The van der Waals surface area contributed by atoms with Gasteiger partial charge in [-0.15, -0.1) is 11.3 Å². The Balaban J connectivity index is 1.96. The molecule has 126 valence electrons. The van der Waals surface area contributed by atoms with E-state index in [-0.39, 0.29) is 5.56 Å². The number of benzene rings is 1. The number of halogens is 3. The molecule has 0 amide bonds. The second kappa shape index (κ2) is 5.66. The van der Waals surface area contributed by atoms with Gasteiger partial charge in [0.15, 0.2) is 11.5 Å². The summed E-state index contributed by atoms with van der Waals surface area (Å²) in [5, 5.41) is 6.34. The number of nitrogens with zero attached hydrogens (tertiary/aromatic N) is 4. The van der Waals surface area contributed by atoms with Crippen LogP contribution in [0.3, 0.4) is 0 Å². The molecule has 0 bridgehead atoms. The van der Waals surface area contributed by atoms with Crippen LogP contribution in [0.15, 0.2) is 48.2 Å². The van der Waals surface area contributed by atoms with Crippen molar-refractivity contribution in [2.24, 2.45) is 0 Å². The number of hydrogen-bond acceptors (Lipinski definition) is 4. The standard InChI is InChI=1S/C17H11F3N4S/c1-10-7-24(23-14(10)17(18,19)20)15-13-12(11-5-3-2-4-6-11)8-25-16(13)22-9-21-15/h2-9H,1H3. The van der Waals surface area contributed by atoms with Gasteiger partial charge in [0, 0.05) is 22.7 Å². The van der Waals surface area contributed by atoms with Crippen molar-refractivity contribution in [3.63, 3.8) is 0 Å². The van der Waals surface area contributed by atoms with Crippen LogP contribution in [0.4, 0.5) is 13.2 Å². The Bertz CT molecular complexity index is 1050. The highest BCUT2D eigenvalue weighted by atomic mass is 32.1. The quantitative estimate of drug-likeness (QED) is 0.512.